The van der Waals surface area contributed by atoms with Crippen molar-refractivity contribution in [2.24, 2.45) is 0 Å². The maximum absolute atomic E-state index is 8.86. The standard InChI is InChI=1S/C16H12N4/c17-10-12-5-3-7-15(19-12)20-14-9-8-11-4-1-2-6-13(11)16(14)18/h1-9H,18H2,(H,19,20). The first-order valence-corrected chi connectivity index (χ1v) is 6.19. The van der Waals surface area contributed by atoms with Gasteiger partial charge in [0.15, 0.2) is 0 Å². The Morgan fingerprint density at radius 3 is 2.70 bits per heavy atom. The Hall–Kier alpha value is -3.06. The van der Waals surface area contributed by atoms with E-state index in [1.807, 2.05) is 42.5 Å². The molecule has 0 saturated carbocycles. The third-order valence-electron chi connectivity index (χ3n) is 3.10. The Labute approximate surface area is 116 Å². The molecule has 0 spiro atoms. The second kappa shape index (κ2) is 4.90. The molecule has 0 amide bonds. The molecule has 3 rings (SSSR count). The van der Waals surface area contributed by atoms with Gasteiger partial charge >= 0.3 is 0 Å². The molecule has 0 aliphatic rings. The Balaban J connectivity index is 2.02. The summed E-state index contributed by atoms with van der Waals surface area (Å²) in [6.07, 6.45) is 0. The van der Waals surface area contributed by atoms with Gasteiger partial charge in [-0.05, 0) is 23.6 Å². The highest BCUT2D eigenvalue weighted by Crippen LogP contribution is 2.30. The van der Waals surface area contributed by atoms with Crippen LogP contribution in [0.5, 0.6) is 0 Å². The van der Waals surface area contributed by atoms with E-state index in [1.54, 1.807) is 18.2 Å². The molecule has 1 heterocycles. The topological polar surface area (TPSA) is 74.7 Å². The highest BCUT2D eigenvalue weighted by atomic mass is 15.0. The van der Waals surface area contributed by atoms with E-state index >= 15 is 0 Å². The van der Waals surface area contributed by atoms with Gasteiger partial charge in [0.1, 0.15) is 17.6 Å². The fraction of sp³-hybridized carbons (Fsp3) is 0. The molecule has 4 nitrogen and oxygen atoms in total. The van der Waals surface area contributed by atoms with Crippen LogP contribution in [-0.2, 0) is 0 Å². The summed E-state index contributed by atoms with van der Waals surface area (Å²) in [6, 6.07) is 19.1. The summed E-state index contributed by atoms with van der Waals surface area (Å²) in [5, 5.41) is 14.1. The molecule has 1 aromatic heterocycles. The van der Waals surface area contributed by atoms with Crippen LogP contribution in [0.15, 0.2) is 54.6 Å². The van der Waals surface area contributed by atoms with Crippen LogP contribution in [0.25, 0.3) is 10.8 Å². The third kappa shape index (κ3) is 2.13. The van der Waals surface area contributed by atoms with Crippen LogP contribution in [0.2, 0.25) is 0 Å². The van der Waals surface area contributed by atoms with E-state index in [4.69, 9.17) is 11.0 Å². The molecule has 0 aliphatic carbocycles. The molecule has 20 heavy (non-hydrogen) atoms. The minimum Gasteiger partial charge on any atom is -0.397 e. The van der Waals surface area contributed by atoms with Crippen molar-refractivity contribution < 1.29 is 0 Å². The maximum Gasteiger partial charge on any atom is 0.142 e. The summed E-state index contributed by atoms with van der Waals surface area (Å²) in [6.45, 7) is 0. The van der Waals surface area contributed by atoms with Crippen LogP contribution in [-0.4, -0.2) is 4.98 Å². The molecule has 0 bridgehead atoms. The molecular weight excluding hydrogens is 248 g/mol. The van der Waals surface area contributed by atoms with Gasteiger partial charge in [-0.3, -0.25) is 0 Å². The lowest BCUT2D eigenvalue weighted by atomic mass is 10.1. The first kappa shape index (κ1) is 12.0. The number of nitrogens with one attached hydrogen (secondary N) is 1. The number of nitrogens with two attached hydrogens (primary N) is 1. The number of aromatic nitrogens is 1. The minimum absolute atomic E-state index is 0.370. The predicted molar refractivity (Wildman–Crippen MR) is 80.6 cm³/mol. The summed E-state index contributed by atoms with van der Waals surface area (Å²) in [5.41, 5.74) is 8.01. The van der Waals surface area contributed by atoms with Crippen molar-refractivity contribution in [3.63, 3.8) is 0 Å². The van der Waals surface area contributed by atoms with Crippen molar-refractivity contribution in [3.05, 3.63) is 60.3 Å². The van der Waals surface area contributed by atoms with Gasteiger partial charge in [-0.2, -0.15) is 5.26 Å². The number of nitrogens with zero attached hydrogens (tertiary/aromatic N) is 2. The van der Waals surface area contributed by atoms with Crippen molar-refractivity contribution >= 4 is 28.0 Å². The molecular formula is C16H12N4. The first-order chi connectivity index (χ1) is 9.78. The van der Waals surface area contributed by atoms with Gasteiger partial charge in [0, 0.05) is 5.39 Å². The largest absolute Gasteiger partial charge is 0.397 e. The number of benzene rings is 2. The number of hydrogen-bond acceptors (Lipinski definition) is 4. The van der Waals surface area contributed by atoms with Crippen LogP contribution < -0.4 is 11.1 Å². The molecule has 0 atom stereocenters. The van der Waals surface area contributed by atoms with E-state index in [9.17, 15) is 0 Å². The molecule has 3 aromatic rings. The number of rotatable bonds is 2. The summed E-state index contributed by atoms with van der Waals surface area (Å²) >= 11 is 0. The van der Waals surface area contributed by atoms with Crippen molar-refractivity contribution in [2.45, 2.75) is 0 Å². The van der Waals surface area contributed by atoms with Crippen molar-refractivity contribution in [1.82, 2.24) is 4.98 Å². The third-order valence-corrected chi connectivity index (χ3v) is 3.10. The first-order valence-electron chi connectivity index (χ1n) is 6.19. The maximum atomic E-state index is 8.86. The summed E-state index contributed by atoms with van der Waals surface area (Å²) in [7, 11) is 0. The Morgan fingerprint density at radius 1 is 1.00 bits per heavy atom. The highest BCUT2D eigenvalue weighted by molar-refractivity contribution is 5.99. The van der Waals surface area contributed by atoms with Gasteiger partial charge in [0.2, 0.25) is 0 Å². The van der Waals surface area contributed by atoms with E-state index in [1.165, 1.54) is 0 Å². The van der Waals surface area contributed by atoms with Gasteiger partial charge < -0.3 is 11.1 Å². The Bertz CT molecular complexity index is 818. The minimum atomic E-state index is 0.370. The zero-order valence-electron chi connectivity index (χ0n) is 10.7. The average molecular weight is 260 g/mol. The van der Waals surface area contributed by atoms with Gasteiger partial charge in [-0.1, -0.05) is 36.4 Å². The molecule has 0 unspecified atom stereocenters. The molecule has 0 saturated heterocycles. The molecule has 0 aliphatic heterocycles. The normalized spacial score (nSPS) is 10.2. The number of nitriles is 1. The van der Waals surface area contributed by atoms with Gasteiger partial charge in [-0.15, -0.1) is 0 Å². The molecule has 4 heteroatoms. The predicted octanol–water partition coefficient (Wildman–Crippen LogP) is 3.43. The van der Waals surface area contributed by atoms with Crippen molar-refractivity contribution in [2.75, 3.05) is 11.1 Å². The van der Waals surface area contributed by atoms with E-state index in [2.05, 4.69) is 10.3 Å². The Morgan fingerprint density at radius 2 is 1.85 bits per heavy atom. The van der Waals surface area contributed by atoms with Crippen LogP contribution >= 0.6 is 0 Å². The van der Waals surface area contributed by atoms with E-state index < -0.39 is 0 Å². The van der Waals surface area contributed by atoms with Crippen LogP contribution in [0.1, 0.15) is 5.69 Å². The number of anilines is 3. The number of pyridine rings is 1. The molecule has 2 aromatic carbocycles. The average Bonchev–Trinajstić information content (AvgIpc) is 2.50. The van der Waals surface area contributed by atoms with Crippen LogP contribution in [0.3, 0.4) is 0 Å². The van der Waals surface area contributed by atoms with Gasteiger partial charge in [0.25, 0.3) is 0 Å². The van der Waals surface area contributed by atoms with E-state index in [0.29, 0.717) is 17.2 Å². The SMILES string of the molecule is N#Cc1cccc(Nc2ccc3ccccc3c2N)n1. The zero-order chi connectivity index (χ0) is 13.9. The number of nitrogen functional groups attached to an aromatic ring is 1. The second-order valence-corrected chi connectivity index (χ2v) is 4.39. The summed E-state index contributed by atoms with van der Waals surface area (Å²) in [4.78, 5) is 4.18. The molecule has 0 fully saturated rings. The molecule has 0 radical (unpaired) electrons. The van der Waals surface area contributed by atoms with Crippen LogP contribution in [0, 0.1) is 11.3 Å². The number of fused-ring (bicyclic) bond motifs is 1. The lowest BCUT2D eigenvalue weighted by Crippen LogP contribution is -1.99. The van der Waals surface area contributed by atoms with E-state index in [-0.39, 0.29) is 0 Å². The van der Waals surface area contributed by atoms with Gasteiger partial charge in [-0.25, -0.2) is 4.98 Å². The highest BCUT2D eigenvalue weighted by Gasteiger charge is 2.05. The summed E-state index contributed by atoms with van der Waals surface area (Å²) in [5.74, 6) is 0.603. The summed E-state index contributed by atoms with van der Waals surface area (Å²) < 4.78 is 0. The fourth-order valence-corrected chi connectivity index (χ4v) is 2.11. The van der Waals surface area contributed by atoms with Crippen LogP contribution in [0.4, 0.5) is 17.2 Å². The second-order valence-electron chi connectivity index (χ2n) is 4.39. The fourth-order valence-electron chi connectivity index (χ4n) is 2.11. The smallest absolute Gasteiger partial charge is 0.142 e. The molecule has 96 valence electrons. The monoisotopic (exact) mass is 260 g/mol. The lowest BCUT2D eigenvalue weighted by Gasteiger charge is -2.11. The number of hydrogen-bond donors (Lipinski definition) is 2. The van der Waals surface area contributed by atoms with Gasteiger partial charge in [0.05, 0.1) is 11.4 Å². The Kier molecular flexibility index (Phi) is 2.94. The van der Waals surface area contributed by atoms with Crippen molar-refractivity contribution in [1.29, 1.82) is 5.26 Å². The molecule has 3 N–H and O–H groups in total. The quantitative estimate of drug-likeness (QED) is 0.692. The zero-order valence-corrected chi connectivity index (χ0v) is 10.7. The van der Waals surface area contributed by atoms with Crippen molar-refractivity contribution in [3.8, 4) is 6.07 Å². The lowest BCUT2D eigenvalue weighted by molar-refractivity contribution is 1.26. The van der Waals surface area contributed by atoms with E-state index in [0.717, 1.165) is 16.5 Å².